The van der Waals surface area contributed by atoms with Crippen LogP contribution in [0, 0.1) is 34.5 Å². The van der Waals surface area contributed by atoms with Gasteiger partial charge in [-0.3, -0.25) is 0 Å². The quantitative estimate of drug-likeness (QED) is 0.320. The van der Waals surface area contributed by atoms with Crippen molar-refractivity contribution in [1.29, 1.82) is 5.26 Å². The molecule has 5 atom stereocenters. The molecule has 0 saturated heterocycles. The Bertz CT molecular complexity index is 1260. The molecule has 5 saturated carbocycles. The highest BCUT2D eigenvalue weighted by Gasteiger charge is 2.55. The van der Waals surface area contributed by atoms with Gasteiger partial charge in [-0.25, -0.2) is 4.98 Å². The van der Waals surface area contributed by atoms with Crippen molar-refractivity contribution in [3.63, 3.8) is 0 Å². The van der Waals surface area contributed by atoms with E-state index in [1.54, 1.807) is 12.1 Å². The van der Waals surface area contributed by atoms with Crippen LogP contribution >= 0.6 is 0 Å². The number of ether oxygens (including phenoxy) is 1. The van der Waals surface area contributed by atoms with E-state index >= 15 is 0 Å². The molecule has 7 rings (SSSR count). The molecule has 1 unspecified atom stereocenters. The Morgan fingerprint density at radius 1 is 1.05 bits per heavy atom. The second-order valence-electron chi connectivity index (χ2n) is 12.7. The van der Waals surface area contributed by atoms with Crippen LogP contribution in [0.3, 0.4) is 0 Å². The molecule has 4 bridgehead atoms. The molecule has 0 amide bonds. The first kappa shape index (κ1) is 28.0. The lowest BCUT2D eigenvalue weighted by Gasteiger charge is -2.61. The Kier molecular flexibility index (Phi) is 7.72. The lowest BCUT2D eigenvalue weighted by Crippen LogP contribution is -2.61. The number of anilines is 2. The standard InChI is InChI=1S/C30H38F3N7O/c31-30(32,33)41-25-4-2-1-3-19(25)15-36-28-37-16-22(14-34)27(40-28)38-17-29-11-18-9-20(12-29)26(21(10-18)13-29)39-24-7-5-23(35)6-8-24/h1-4,16,18,20-21,23-24,26,39H,5-13,15,17,35H2,(H2,36,37,38,40)/t18?,20-,21+,23-,24-,26-,29-. The lowest BCUT2D eigenvalue weighted by molar-refractivity contribution is -0.274. The Balaban J connectivity index is 1.10. The normalized spacial score (nSPS) is 32.4. The molecule has 5 aliphatic carbocycles. The zero-order valence-corrected chi connectivity index (χ0v) is 23.1. The molecule has 0 radical (unpaired) electrons. The van der Waals surface area contributed by atoms with Gasteiger partial charge in [0.2, 0.25) is 5.95 Å². The van der Waals surface area contributed by atoms with Crippen LogP contribution in [-0.4, -0.2) is 41.0 Å². The highest BCUT2D eigenvalue weighted by molar-refractivity contribution is 5.53. The fourth-order valence-corrected chi connectivity index (χ4v) is 8.24. The van der Waals surface area contributed by atoms with E-state index in [0.29, 0.717) is 46.9 Å². The van der Waals surface area contributed by atoms with E-state index < -0.39 is 6.36 Å². The zero-order chi connectivity index (χ0) is 28.6. The van der Waals surface area contributed by atoms with Crippen molar-refractivity contribution in [3.05, 3.63) is 41.6 Å². The average Bonchev–Trinajstić information content (AvgIpc) is 2.93. The van der Waals surface area contributed by atoms with Gasteiger partial charge in [0.05, 0.1) is 6.20 Å². The molecule has 5 fully saturated rings. The summed E-state index contributed by atoms with van der Waals surface area (Å²) in [6, 6.07) is 9.65. The van der Waals surface area contributed by atoms with Gasteiger partial charge in [-0.2, -0.15) is 10.2 Å². The third-order valence-electron chi connectivity index (χ3n) is 9.78. The second-order valence-corrected chi connectivity index (χ2v) is 12.7. The first-order valence-corrected chi connectivity index (χ1v) is 14.8. The minimum atomic E-state index is -4.78. The number of nitrogens with two attached hydrogens (primary N) is 1. The maximum atomic E-state index is 12.8. The number of hydrogen-bond acceptors (Lipinski definition) is 8. The summed E-state index contributed by atoms with van der Waals surface area (Å²) in [4.78, 5) is 8.75. The molecular formula is C30H38F3N7O. The summed E-state index contributed by atoms with van der Waals surface area (Å²) in [6.45, 7) is 0.781. The summed E-state index contributed by atoms with van der Waals surface area (Å²) >= 11 is 0. The topological polar surface area (TPSA) is 121 Å². The van der Waals surface area contributed by atoms with E-state index in [-0.39, 0.29) is 23.7 Å². The predicted octanol–water partition coefficient (Wildman–Crippen LogP) is 5.33. The van der Waals surface area contributed by atoms with Crippen LogP contribution in [0.5, 0.6) is 5.75 Å². The number of para-hydroxylation sites is 1. The number of nitrogens with one attached hydrogen (secondary N) is 3. The zero-order valence-electron chi connectivity index (χ0n) is 23.1. The summed E-state index contributed by atoms with van der Waals surface area (Å²) in [5, 5.41) is 20.2. The molecule has 2 aromatic rings. The van der Waals surface area contributed by atoms with Crippen molar-refractivity contribution >= 4 is 11.8 Å². The molecule has 0 spiro atoms. The molecule has 0 aliphatic heterocycles. The van der Waals surface area contributed by atoms with Crippen molar-refractivity contribution in [2.24, 2.45) is 28.9 Å². The van der Waals surface area contributed by atoms with Crippen LogP contribution in [0.2, 0.25) is 0 Å². The number of nitriles is 1. The van der Waals surface area contributed by atoms with Crippen LogP contribution in [-0.2, 0) is 6.54 Å². The van der Waals surface area contributed by atoms with E-state index in [2.05, 4.69) is 36.7 Å². The van der Waals surface area contributed by atoms with Crippen molar-refractivity contribution < 1.29 is 17.9 Å². The summed E-state index contributed by atoms with van der Waals surface area (Å²) in [5.74, 6) is 2.51. The Hall–Kier alpha value is -3.10. The molecule has 220 valence electrons. The maximum absolute atomic E-state index is 12.8. The largest absolute Gasteiger partial charge is 0.573 e. The Labute approximate surface area is 238 Å². The highest BCUT2D eigenvalue weighted by atomic mass is 19.4. The van der Waals surface area contributed by atoms with Crippen LogP contribution in [0.1, 0.15) is 68.9 Å². The van der Waals surface area contributed by atoms with Gasteiger partial charge in [-0.1, -0.05) is 18.2 Å². The number of alkyl halides is 3. The van der Waals surface area contributed by atoms with Gasteiger partial charge in [-0.05, 0) is 87.0 Å². The van der Waals surface area contributed by atoms with E-state index in [0.717, 1.165) is 25.3 Å². The van der Waals surface area contributed by atoms with Crippen molar-refractivity contribution in [2.45, 2.75) is 88.8 Å². The number of rotatable bonds is 9. The van der Waals surface area contributed by atoms with Gasteiger partial charge < -0.3 is 26.4 Å². The number of halogens is 3. The highest BCUT2D eigenvalue weighted by Crippen LogP contribution is 2.60. The van der Waals surface area contributed by atoms with Crippen molar-refractivity contribution in [1.82, 2.24) is 15.3 Å². The first-order chi connectivity index (χ1) is 19.7. The second kappa shape index (κ2) is 11.3. The number of benzene rings is 1. The van der Waals surface area contributed by atoms with Crippen LogP contribution in [0.15, 0.2) is 30.5 Å². The van der Waals surface area contributed by atoms with Crippen LogP contribution in [0.25, 0.3) is 0 Å². The first-order valence-electron chi connectivity index (χ1n) is 14.8. The molecule has 8 nitrogen and oxygen atoms in total. The van der Waals surface area contributed by atoms with E-state index in [9.17, 15) is 18.4 Å². The number of hydrogen-bond donors (Lipinski definition) is 4. The molecular weight excluding hydrogens is 531 g/mol. The summed E-state index contributed by atoms with van der Waals surface area (Å²) in [5.41, 5.74) is 6.98. The SMILES string of the molecule is N#Cc1cnc(NCc2ccccc2OC(F)(F)F)nc1NC[C@]12CC3C[C@H](C1)[C@@H](N[C@H]1CC[C@H](N)CC1)[C@@H](C3)C2. The fourth-order valence-electron chi connectivity index (χ4n) is 8.24. The third-order valence-corrected chi connectivity index (χ3v) is 9.78. The van der Waals surface area contributed by atoms with Gasteiger partial charge in [0.15, 0.2) is 0 Å². The van der Waals surface area contributed by atoms with E-state index in [1.807, 2.05) is 0 Å². The third kappa shape index (κ3) is 6.38. The molecule has 41 heavy (non-hydrogen) atoms. The molecule has 5 aliphatic rings. The summed E-state index contributed by atoms with van der Waals surface area (Å²) in [7, 11) is 0. The maximum Gasteiger partial charge on any atom is 0.573 e. The summed E-state index contributed by atoms with van der Waals surface area (Å²) in [6.07, 6.45) is 7.38. The fraction of sp³-hybridized carbons (Fsp3) is 0.633. The van der Waals surface area contributed by atoms with E-state index in [4.69, 9.17) is 5.73 Å². The Morgan fingerprint density at radius 3 is 2.49 bits per heavy atom. The van der Waals surface area contributed by atoms with Crippen LogP contribution < -0.4 is 26.4 Å². The van der Waals surface area contributed by atoms with Gasteiger partial charge >= 0.3 is 6.36 Å². The van der Waals surface area contributed by atoms with E-state index in [1.165, 1.54) is 63.3 Å². The van der Waals surface area contributed by atoms with Gasteiger partial charge in [-0.15, -0.1) is 13.2 Å². The molecule has 1 heterocycles. The molecule has 1 aromatic carbocycles. The molecule has 1 aromatic heterocycles. The lowest BCUT2D eigenvalue weighted by atomic mass is 9.47. The number of aromatic nitrogens is 2. The van der Waals surface area contributed by atoms with Crippen molar-refractivity contribution in [3.8, 4) is 11.8 Å². The average molecular weight is 570 g/mol. The van der Waals surface area contributed by atoms with Crippen LogP contribution in [0.4, 0.5) is 24.9 Å². The van der Waals surface area contributed by atoms with Gasteiger partial charge in [0.25, 0.3) is 0 Å². The minimum Gasteiger partial charge on any atom is -0.405 e. The van der Waals surface area contributed by atoms with Crippen molar-refractivity contribution in [2.75, 3.05) is 17.2 Å². The molecule has 5 N–H and O–H groups in total. The summed E-state index contributed by atoms with van der Waals surface area (Å²) < 4.78 is 42.5. The van der Waals surface area contributed by atoms with Gasteiger partial charge in [0, 0.05) is 36.8 Å². The monoisotopic (exact) mass is 569 g/mol. The number of nitrogens with zero attached hydrogens (tertiary/aromatic N) is 3. The predicted molar refractivity (Wildman–Crippen MR) is 149 cm³/mol. The molecule has 11 heteroatoms. The van der Waals surface area contributed by atoms with Gasteiger partial charge in [0.1, 0.15) is 23.2 Å². The smallest absolute Gasteiger partial charge is 0.405 e. The minimum absolute atomic E-state index is 0.0356. The Morgan fingerprint density at radius 2 is 1.78 bits per heavy atom.